The minimum absolute atomic E-state index is 0.0983. The average molecular weight is 274 g/mol. The molecule has 20 heavy (non-hydrogen) atoms. The van der Waals surface area contributed by atoms with Gasteiger partial charge in [-0.1, -0.05) is 24.3 Å². The standard InChI is InChI=1S/C16H22N2O2/c1-16(2)11-18(7-8-20-16)15(19)14-9-12-5-3-4-6-13(12)10-17-14/h3-6,14,17H,7-11H2,1-2H3/t14-/m0/s1. The van der Waals surface area contributed by atoms with Crippen molar-refractivity contribution >= 4 is 5.91 Å². The van der Waals surface area contributed by atoms with E-state index in [-0.39, 0.29) is 17.6 Å². The molecule has 0 aliphatic carbocycles. The molecule has 1 amide bonds. The van der Waals surface area contributed by atoms with Crippen LogP contribution in [-0.2, 0) is 22.5 Å². The Morgan fingerprint density at radius 2 is 2.10 bits per heavy atom. The third-order valence-electron chi connectivity index (χ3n) is 4.12. The van der Waals surface area contributed by atoms with Gasteiger partial charge >= 0.3 is 0 Å². The molecule has 1 N–H and O–H groups in total. The number of ether oxygens (including phenoxy) is 1. The molecule has 1 saturated heterocycles. The molecule has 2 aliphatic heterocycles. The first-order valence-electron chi connectivity index (χ1n) is 7.28. The summed E-state index contributed by atoms with van der Waals surface area (Å²) < 4.78 is 5.67. The Bertz CT molecular complexity index is 513. The van der Waals surface area contributed by atoms with Crippen LogP contribution in [0.4, 0.5) is 0 Å². The van der Waals surface area contributed by atoms with Crippen LogP contribution in [0, 0.1) is 0 Å². The molecule has 4 heteroatoms. The molecule has 1 fully saturated rings. The van der Waals surface area contributed by atoms with E-state index in [2.05, 4.69) is 17.4 Å². The van der Waals surface area contributed by atoms with E-state index < -0.39 is 0 Å². The lowest BCUT2D eigenvalue weighted by molar-refractivity contribution is -0.148. The highest BCUT2D eigenvalue weighted by Crippen LogP contribution is 2.21. The van der Waals surface area contributed by atoms with Crippen LogP contribution in [0.25, 0.3) is 0 Å². The van der Waals surface area contributed by atoms with Crippen LogP contribution >= 0.6 is 0 Å². The molecule has 0 unspecified atom stereocenters. The van der Waals surface area contributed by atoms with Crippen LogP contribution in [-0.4, -0.2) is 42.1 Å². The highest BCUT2D eigenvalue weighted by atomic mass is 16.5. The summed E-state index contributed by atoms with van der Waals surface area (Å²) in [6.07, 6.45) is 0.785. The van der Waals surface area contributed by atoms with Gasteiger partial charge in [0.15, 0.2) is 0 Å². The highest BCUT2D eigenvalue weighted by molar-refractivity contribution is 5.82. The third-order valence-corrected chi connectivity index (χ3v) is 4.12. The first kappa shape index (κ1) is 13.6. The van der Waals surface area contributed by atoms with Crippen LogP contribution < -0.4 is 5.32 Å². The van der Waals surface area contributed by atoms with Crippen LogP contribution in [0.1, 0.15) is 25.0 Å². The number of hydrogen-bond donors (Lipinski definition) is 1. The van der Waals surface area contributed by atoms with Gasteiger partial charge in [-0.15, -0.1) is 0 Å². The minimum Gasteiger partial charge on any atom is -0.372 e. The number of carbonyl (C=O) groups is 1. The lowest BCUT2D eigenvalue weighted by Crippen LogP contribution is -2.56. The van der Waals surface area contributed by atoms with Crippen LogP contribution in [0.2, 0.25) is 0 Å². The van der Waals surface area contributed by atoms with Gasteiger partial charge in [-0.3, -0.25) is 4.79 Å². The molecule has 0 aromatic heterocycles. The Kier molecular flexibility index (Phi) is 3.52. The number of hydrogen-bond acceptors (Lipinski definition) is 3. The number of rotatable bonds is 1. The molecule has 1 aromatic carbocycles. The average Bonchev–Trinajstić information content (AvgIpc) is 2.45. The maximum absolute atomic E-state index is 12.7. The fourth-order valence-electron chi connectivity index (χ4n) is 3.05. The molecule has 1 atom stereocenters. The van der Waals surface area contributed by atoms with E-state index in [9.17, 15) is 4.79 Å². The maximum Gasteiger partial charge on any atom is 0.240 e. The molecule has 2 aliphatic rings. The van der Waals surface area contributed by atoms with Gasteiger partial charge in [-0.2, -0.15) is 0 Å². The van der Waals surface area contributed by atoms with Crippen LogP contribution in [0.15, 0.2) is 24.3 Å². The number of morpholine rings is 1. The SMILES string of the molecule is CC1(C)CN(C(=O)[C@@H]2Cc3ccccc3CN2)CCO1. The summed E-state index contributed by atoms with van der Waals surface area (Å²) in [5, 5.41) is 3.37. The van der Waals surface area contributed by atoms with Gasteiger partial charge in [0.1, 0.15) is 0 Å². The molecule has 4 nitrogen and oxygen atoms in total. The molecule has 108 valence electrons. The number of amides is 1. The van der Waals surface area contributed by atoms with Gasteiger partial charge in [-0.25, -0.2) is 0 Å². The van der Waals surface area contributed by atoms with Crippen molar-refractivity contribution in [3.63, 3.8) is 0 Å². The number of carbonyl (C=O) groups excluding carboxylic acids is 1. The van der Waals surface area contributed by atoms with Crippen LogP contribution in [0.5, 0.6) is 0 Å². The van der Waals surface area contributed by atoms with Gasteiger partial charge < -0.3 is 15.0 Å². The summed E-state index contributed by atoms with van der Waals surface area (Å²) in [4.78, 5) is 14.6. The molecule has 0 saturated carbocycles. The normalized spacial score (nSPS) is 25.1. The Hall–Kier alpha value is -1.39. The summed E-state index contributed by atoms with van der Waals surface area (Å²) >= 11 is 0. The first-order chi connectivity index (χ1) is 9.55. The number of nitrogens with one attached hydrogen (secondary N) is 1. The number of nitrogens with zero attached hydrogens (tertiary/aromatic N) is 1. The maximum atomic E-state index is 12.7. The van der Waals surface area contributed by atoms with Gasteiger partial charge in [0, 0.05) is 19.6 Å². The predicted octanol–water partition coefficient (Wildman–Crippen LogP) is 1.34. The van der Waals surface area contributed by atoms with E-state index >= 15 is 0 Å². The molecule has 2 heterocycles. The molecule has 3 rings (SSSR count). The van der Waals surface area contributed by atoms with E-state index in [0.29, 0.717) is 19.7 Å². The van der Waals surface area contributed by atoms with Gasteiger partial charge in [-0.05, 0) is 31.4 Å². The van der Waals surface area contributed by atoms with Crippen LogP contribution in [0.3, 0.4) is 0 Å². The Labute approximate surface area is 120 Å². The van der Waals surface area contributed by atoms with Crippen molar-refractivity contribution in [2.24, 2.45) is 0 Å². The monoisotopic (exact) mass is 274 g/mol. The zero-order valence-corrected chi connectivity index (χ0v) is 12.2. The van der Waals surface area contributed by atoms with E-state index in [0.717, 1.165) is 13.0 Å². The van der Waals surface area contributed by atoms with E-state index in [4.69, 9.17) is 4.74 Å². The van der Waals surface area contributed by atoms with E-state index in [1.807, 2.05) is 30.9 Å². The van der Waals surface area contributed by atoms with E-state index in [1.165, 1.54) is 11.1 Å². The molecule has 0 spiro atoms. The van der Waals surface area contributed by atoms with Crippen molar-refractivity contribution in [3.05, 3.63) is 35.4 Å². The molecule has 0 bridgehead atoms. The summed E-state index contributed by atoms with van der Waals surface area (Å²) in [6.45, 7) is 6.85. The Morgan fingerprint density at radius 1 is 1.35 bits per heavy atom. The van der Waals surface area contributed by atoms with E-state index in [1.54, 1.807) is 0 Å². The third kappa shape index (κ3) is 2.72. The largest absolute Gasteiger partial charge is 0.372 e. The summed E-state index contributed by atoms with van der Waals surface area (Å²) in [5.41, 5.74) is 2.36. The van der Waals surface area contributed by atoms with Crippen molar-refractivity contribution in [1.82, 2.24) is 10.2 Å². The second kappa shape index (κ2) is 5.19. The van der Waals surface area contributed by atoms with Gasteiger partial charge in [0.25, 0.3) is 0 Å². The lowest BCUT2D eigenvalue weighted by Gasteiger charge is -2.40. The summed E-state index contributed by atoms with van der Waals surface area (Å²) in [5.74, 6) is 0.205. The second-order valence-corrected chi connectivity index (χ2v) is 6.27. The van der Waals surface area contributed by atoms with Crippen molar-refractivity contribution < 1.29 is 9.53 Å². The minimum atomic E-state index is -0.236. The molecule has 0 radical (unpaired) electrons. The Morgan fingerprint density at radius 3 is 2.85 bits per heavy atom. The topological polar surface area (TPSA) is 41.6 Å². The number of fused-ring (bicyclic) bond motifs is 1. The first-order valence-corrected chi connectivity index (χ1v) is 7.28. The smallest absolute Gasteiger partial charge is 0.240 e. The molecular weight excluding hydrogens is 252 g/mol. The van der Waals surface area contributed by atoms with Gasteiger partial charge in [0.2, 0.25) is 5.91 Å². The zero-order valence-electron chi connectivity index (χ0n) is 12.2. The van der Waals surface area contributed by atoms with Crippen molar-refractivity contribution in [3.8, 4) is 0 Å². The highest BCUT2D eigenvalue weighted by Gasteiger charge is 2.34. The zero-order chi connectivity index (χ0) is 14.2. The fourth-order valence-corrected chi connectivity index (χ4v) is 3.05. The van der Waals surface area contributed by atoms with Gasteiger partial charge in [0.05, 0.1) is 18.2 Å². The van der Waals surface area contributed by atoms with Crippen molar-refractivity contribution in [2.45, 2.75) is 38.5 Å². The Balaban J connectivity index is 1.70. The molecule has 1 aromatic rings. The summed E-state index contributed by atoms with van der Waals surface area (Å²) in [7, 11) is 0. The quantitative estimate of drug-likeness (QED) is 0.840. The molecular formula is C16H22N2O2. The fraction of sp³-hybridized carbons (Fsp3) is 0.562. The summed E-state index contributed by atoms with van der Waals surface area (Å²) in [6, 6.07) is 8.25. The van der Waals surface area contributed by atoms with Crippen molar-refractivity contribution in [2.75, 3.05) is 19.7 Å². The number of benzene rings is 1. The predicted molar refractivity (Wildman–Crippen MR) is 77.4 cm³/mol. The van der Waals surface area contributed by atoms with Crippen molar-refractivity contribution in [1.29, 1.82) is 0 Å². The lowest BCUT2D eigenvalue weighted by atomic mass is 9.94. The second-order valence-electron chi connectivity index (χ2n) is 6.27.